The van der Waals surface area contributed by atoms with Gasteiger partial charge >= 0.3 is 0 Å². The molecule has 3 rings (SSSR count). The van der Waals surface area contributed by atoms with E-state index in [2.05, 4.69) is 24.0 Å². The first-order chi connectivity index (χ1) is 9.87. The minimum atomic E-state index is 0.584. The molecule has 1 saturated heterocycles. The molecule has 3 atom stereocenters. The van der Waals surface area contributed by atoms with Crippen LogP contribution in [0.15, 0.2) is 12.2 Å². The van der Waals surface area contributed by atoms with Crippen LogP contribution in [-0.4, -0.2) is 23.0 Å². The minimum absolute atomic E-state index is 0.584. The number of piperidine rings is 1. The summed E-state index contributed by atoms with van der Waals surface area (Å²) in [5.41, 5.74) is 0.584. The Balaban J connectivity index is 1.66. The van der Waals surface area contributed by atoms with Crippen LogP contribution in [0, 0.1) is 5.92 Å². The molecular formula is C19H33N. The van der Waals surface area contributed by atoms with E-state index in [4.69, 9.17) is 0 Å². The first-order valence-corrected chi connectivity index (χ1v) is 9.28. The zero-order valence-corrected chi connectivity index (χ0v) is 13.4. The molecule has 1 saturated carbocycles. The van der Waals surface area contributed by atoms with Crippen molar-refractivity contribution < 1.29 is 0 Å². The lowest BCUT2D eigenvalue weighted by atomic mass is 9.63. The van der Waals surface area contributed by atoms with Gasteiger partial charge in [-0.3, -0.25) is 4.90 Å². The number of hydrogen-bond acceptors (Lipinski definition) is 1. The molecule has 20 heavy (non-hydrogen) atoms. The molecule has 0 aromatic rings. The van der Waals surface area contributed by atoms with Crippen LogP contribution in [0.2, 0.25) is 0 Å². The van der Waals surface area contributed by atoms with Crippen molar-refractivity contribution in [3.8, 4) is 0 Å². The molecular weight excluding hydrogens is 242 g/mol. The van der Waals surface area contributed by atoms with Gasteiger partial charge in [-0.05, 0) is 44.4 Å². The molecule has 3 aliphatic rings. The van der Waals surface area contributed by atoms with Gasteiger partial charge in [-0.1, -0.05) is 57.6 Å². The van der Waals surface area contributed by atoms with E-state index in [9.17, 15) is 0 Å². The Morgan fingerprint density at radius 2 is 2.00 bits per heavy atom. The van der Waals surface area contributed by atoms with Gasteiger partial charge in [0.15, 0.2) is 0 Å². The first-order valence-electron chi connectivity index (χ1n) is 9.28. The van der Waals surface area contributed by atoms with Crippen molar-refractivity contribution in [3.63, 3.8) is 0 Å². The Morgan fingerprint density at radius 3 is 2.90 bits per heavy atom. The minimum Gasteiger partial charge on any atom is -0.290 e. The topological polar surface area (TPSA) is 3.24 Å². The predicted octanol–water partition coefficient (Wildman–Crippen LogP) is 5.31. The Bertz CT molecular complexity index is 335. The largest absolute Gasteiger partial charge is 0.290 e. The summed E-state index contributed by atoms with van der Waals surface area (Å²) in [5, 5.41) is 0. The van der Waals surface area contributed by atoms with Gasteiger partial charge in [0.25, 0.3) is 0 Å². The van der Waals surface area contributed by atoms with Crippen molar-refractivity contribution in [1.29, 1.82) is 0 Å². The van der Waals surface area contributed by atoms with Crippen molar-refractivity contribution in [1.82, 2.24) is 4.90 Å². The molecule has 1 spiro atoms. The normalized spacial score (nSPS) is 37.5. The molecule has 0 bridgehead atoms. The monoisotopic (exact) mass is 275 g/mol. The summed E-state index contributed by atoms with van der Waals surface area (Å²) in [6, 6.07) is 0.895. The summed E-state index contributed by atoms with van der Waals surface area (Å²) >= 11 is 0. The van der Waals surface area contributed by atoms with E-state index >= 15 is 0 Å². The Kier molecular flexibility index (Phi) is 4.86. The zero-order valence-electron chi connectivity index (χ0n) is 13.4. The maximum Gasteiger partial charge on any atom is 0.0278 e. The van der Waals surface area contributed by atoms with Crippen molar-refractivity contribution in [2.75, 3.05) is 6.54 Å². The van der Waals surface area contributed by atoms with Crippen LogP contribution in [0.25, 0.3) is 0 Å². The summed E-state index contributed by atoms with van der Waals surface area (Å²) in [5.74, 6) is 1.01. The van der Waals surface area contributed by atoms with E-state index in [-0.39, 0.29) is 0 Å². The van der Waals surface area contributed by atoms with E-state index in [1.807, 2.05) is 0 Å². The Hall–Kier alpha value is -0.300. The van der Waals surface area contributed by atoms with E-state index in [0.29, 0.717) is 5.54 Å². The van der Waals surface area contributed by atoms with Crippen molar-refractivity contribution >= 4 is 0 Å². The molecule has 0 aromatic carbocycles. The highest BCUT2D eigenvalue weighted by molar-refractivity contribution is 5.12. The fourth-order valence-electron chi connectivity index (χ4n) is 5.30. The molecule has 2 aliphatic heterocycles. The summed E-state index contributed by atoms with van der Waals surface area (Å²) in [7, 11) is 0. The van der Waals surface area contributed by atoms with Crippen LogP contribution < -0.4 is 0 Å². The Labute approximate surface area is 125 Å². The van der Waals surface area contributed by atoms with Gasteiger partial charge in [-0.2, -0.15) is 0 Å². The molecule has 0 aromatic heterocycles. The van der Waals surface area contributed by atoms with Gasteiger partial charge in [-0.25, -0.2) is 0 Å². The molecule has 0 N–H and O–H groups in total. The molecule has 2 fully saturated rings. The van der Waals surface area contributed by atoms with E-state index < -0.39 is 0 Å². The second-order valence-electron chi connectivity index (χ2n) is 7.45. The van der Waals surface area contributed by atoms with Crippen molar-refractivity contribution in [3.05, 3.63) is 12.2 Å². The molecule has 0 amide bonds. The van der Waals surface area contributed by atoms with E-state index in [1.54, 1.807) is 0 Å². The SMILES string of the molecule is CCCCCC[C@H]1CC[C@@H]2CCCC[C@]23CC=CCN13. The number of hydrogen-bond donors (Lipinski definition) is 0. The number of rotatable bonds is 5. The number of unbranched alkanes of at least 4 members (excludes halogenated alkanes) is 3. The van der Waals surface area contributed by atoms with Crippen LogP contribution in [0.1, 0.15) is 84.0 Å². The fraction of sp³-hybridized carbons (Fsp3) is 0.895. The highest BCUT2D eigenvalue weighted by atomic mass is 15.2. The van der Waals surface area contributed by atoms with Crippen LogP contribution in [0.3, 0.4) is 0 Å². The maximum absolute atomic E-state index is 2.96. The van der Waals surface area contributed by atoms with E-state index in [1.165, 1.54) is 83.6 Å². The summed E-state index contributed by atoms with van der Waals surface area (Å²) in [6.45, 7) is 3.56. The van der Waals surface area contributed by atoms with Crippen LogP contribution in [0.4, 0.5) is 0 Å². The van der Waals surface area contributed by atoms with Crippen molar-refractivity contribution in [2.24, 2.45) is 5.92 Å². The smallest absolute Gasteiger partial charge is 0.0278 e. The molecule has 1 nitrogen and oxygen atoms in total. The lowest BCUT2D eigenvalue weighted by molar-refractivity contribution is -0.0677. The van der Waals surface area contributed by atoms with Crippen molar-refractivity contribution in [2.45, 2.75) is 95.6 Å². The summed E-state index contributed by atoms with van der Waals surface area (Å²) in [4.78, 5) is 2.96. The van der Waals surface area contributed by atoms with Crippen LogP contribution >= 0.6 is 0 Å². The van der Waals surface area contributed by atoms with Gasteiger partial charge in [0, 0.05) is 18.1 Å². The average Bonchev–Trinajstić information content (AvgIpc) is 2.50. The second kappa shape index (κ2) is 6.64. The lowest BCUT2D eigenvalue weighted by Crippen LogP contribution is -2.63. The number of nitrogens with zero attached hydrogens (tertiary/aromatic N) is 1. The lowest BCUT2D eigenvalue weighted by Gasteiger charge is -2.59. The van der Waals surface area contributed by atoms with Crippen LogP contribution in [-0.2, 0) is 0 Å². The molecule has 1 aliphatic carbocycles. The fourth-order valence-corrected chi connectivity index (χ4v) is 5.30. The predicted molar refractivity (Wildman–Crippen MR) is 86.9 cm³/mol. The zero-order chi connectivity index (χ0) is 13.8. The average molecular weight is 275 g/mol. The van der Waals surface area contributed by atoms with E-state index in [0.717, 1.165) is 12.0 Å². The molecule has 114 valence electrons. The summed E-state index contributed by atoms with van der Waals surface area (Å²) in [6.07, 6.45) is 22.4. The summed E-state index contributed by atoms with van der Waals surface area (Å²) < 4.78 is 0. The molecule has 2 heterocycles. The maximum atomic E-state index is 2.96. The van der Waals surface area contributed by atoms with Gasteiger partial charge < -0.3 is 0 Å². The third-order valence-electron chi connectivity index (χ3n) is 6.36. The van der Waals surface area contributed by atoms with Crippen LogP contribution in [0.5, 0.6) is 0 Å². The highest BCUT2D eigenvalue weighted by Gasteiger charge is 2.49. The molecule has 1 heteroatoms. The molecule has 0 radical (unpaired) electrons. The molecule has 0 unspecified atom stereocenters. The Morgan fingerprint density at radius 1 is 1.05 bits per heavy atom. The van der Waals surface area contributed by atoms with Gasteiger partial charge in [-0.15, -0.1) is 0 Å². The van der Waals surface area contributed by atoms with Gasteiger partial charge in [0.2, 0.25) is 0 Å². The quantitative estimate of drug-likeness (QED) is 0.485. The van der Waals surface area contributed by atoms with Gasteiger partial charge in [0.1, 0.15) is 0 Å². The highest BCUT2D eigenvalue weighted by Crippen LogP contribution is 2.50. The third kappa shape index (κ3) is 2.71. The second-order valence-corrected chi connectivity index (χ2v) is 7.45. The standard InChI is InChI=1S/C19H33N/c1-2-3-4-5-11-18-13-12-17-10-6-7-14-19(17)15-8-9-16-20(18)19/h8-9,17-18H,2-7,10-16H2,1H3/t17-,18-,19-/m0/s1. The first kappa shape index (κ1) is 14.6. The third-order valence-corrected chi connectivity index (χ3v) is 6.36. The van der Waals surface area contributed by atoms with Gasteiger partial charge in [0.05, 0.1) is 0 Å².